The molecule has 164 valence electrons. The van der Waals surface area contributed by atoms with Crippen molar-refractivity contribution in [2.45, 2.75) is 97.8 Å². The number of rotatable bonds is 18. The van der Waals surface area contributed by atoms with Crippen LogP contribution in [0.5, 0.6) is 17.2 Å². The average molecular weight is 404 g/mol. The molecule has 0 fully saturated rings. The SMILES string of the molecule is CCCCCCOc1cc(C#N)cc(OCCCCCC)c1OCCCCCC. The Hall–Kier alpha value is -1.89. The molecule has 4 nitrogen and oxygen atoms in total. The molecule has 0 aromatic heterocycles. The molecule has 0 radical (unpaired) electrons. The van der Waals surface area contributed by atoms with Crippen LogP contribution in [-0.2, 0) is 0 Å². The summed E-state index contributed by atoms with van der Waals surface area (Å²) in [5.74, 6) is 1.94. The van der Waals surface area contributed by atoms with E-state index in [1.807, 2.05) is 0 Å². The highest BCUT2D eigenvalue weighted by Gasteiger charge is 2.16. The lowest BCUT2D eigenvalue weighted by molar-refractivity contribution is 0.234. The first kappa shape index (κ1) is 25.1. The minimum atomic E-state index is 0.551. The van der Waals surface area contributed by atoms with Gasteiger partial charge in [-0.1, -0.05) is 78.6 Å². The van der Waals surface area contributed by atoms with Crippen LogP contribution in [0.3, 0.4) is 0 Å². The Morgan fingerprint density at radius 2 is 1.03 bits per heavy atom. The normalized spacial score (nSPS) is 10.6. The van der Waals surface area contributed by atoms with Crippen LogP contribution in [0, 0.1) is 11.3 Å². The Morgan fingerprint density at radius 1 is 0.621 bits per heavy atom. The van der Waals surface area contributed by atoms with E-state index < -0.39 is 0 Å². The number of hydrogen-bond donors (Lipinski definition) is 0. The van der Waals surface area contributed by atoms with Crippen molar-refractivity contribution in [3.63, 3.8) is 0 Å². The Kier molecular flexibility index (Phi) is 14.7. The summed E-state index contributed by atoms with van der Waals surface area (Å²) in [5.41, 5.74) is 0.551. The van der Waals surface area contributed by atoms with Crippen LogP contribution < -0.4 is 14.2 Å². The van der Waals surface area contributed by atoms with Gasteiger partial charge in [-0.05, 0) is 19.3 Å². The molecule has 0 spiro atoms. The van der Waals surface area contributed by atoms with Gasteiger partial charge in [-0.3, -0.25) is 0 Å². The van der Waals surface area contributed by atoms with Gasteiger partial charge in [0.25, 0.3) is 0 Å². The summed E-state index contributed by atoms with van der Waals surface area (Å²) < 4.78 is 18.2. The molecule has 0 aliphatic heterocycles. The Morgan fingerprint density at radius 3 is 1.41 bits per heavy atom. The van der Waals surface area contributed by atoms with Crippen LogP contribution in [0.1, 0.15) is 103 Å². The predicted octanol–water partition coefficient (Wildman–Crippen LogP) is 7.44. The van der Waals surface area contributed by atoms with Gasteiger partial charge in [0.15, 0.2) is 11.5 Å². The second-order valence-electron chi connectivity index (χ2n) is 7.64. The molecule has 1 aromatic rings. The number of hydrogen-bond acceptors (Lipinski definition) is 4. The van der Waals surface area contributed by atoms with Crippen LogP contribution in [0.2, 0.25) is 0 Å². The standard InChI is InChI=1S/C25H41NO3/c1-4-7-10-13-16-27-23-19-22(21-26)20-24(28-17-14-11-8-5-2)25(23)29-18-15-12-9-6-3/h19-20H,4-18H2,1-3H3. The van der Waals surface area contributed by atoms with E-state index in [1.165, 1.54) is 38.5 Å². The zero-order chi connectivity index (χ0) is 21.2. The fraction of sp³-hybridized carbons (Fsp3) is 0.720. The van der Waals surface area contributed by atoms with Gasteiger partial charge in [0.2, 0.25) is 5.75 Å². The third-order valence-electron chi connectivity index (χ3n) is 4.91. The maximum absolute atomic E-state index is 9.43. The molecule has 1 rings (SSSR count). The van der Waals surface area contributed by atoms with Crippen molar-refractivity contribution in [1.82, 2.24) is 0 Å². The van der Waals surface area contributed by atoms with Crippen LogP contribution in [-0.4, -0.2) is 19.8 Å². The molecule has 0 aliphatic carbocycles. The lowest BCUT2D eigenvalue weighted by Gasteiger charge is -2.18. The van der Waals surface area contributed by atoms with Crippen molar-refractivity contribution >= 4 is 0 Å². The molecule has 0 aliphatic rings. The Labute approximate surface area is 178 Å². The molecule has 0 N–H and O–H groups in total. The first-order valence-electron chi connectivity index (χ1n) is 11.7. The third kappa shape index (κ3) is 11.0. The number of ether oxygens (including phenoxy) is 3. The summed E-state index contributed by atoms with van der Waals surface area (Å²) in [4.78, 5) is 0. The fourth-order valence-corrected chi connectivity index (χ4v) is 3.12. The van der Waals surface area contributed by atoms with Crippen molar-refractivity contribution < 1.29 is 14.2 Å². The topological polar surface area (TPSA) is 51.5 Å². The molecule has 0 saturated carbocycles. The molecule has 1 aromatic carbocycles. The molecule has 0 bridgehead atoms. The first-order valence-corrected chi connectivity index (χ1v) is 11.7. The van der Waals surface area contributed by atoms with E-state index in [0.717, 1.165) is 38.5 Å². The number of unbranched alkanes of at least 4 members (excludes halogenated alkanes) is 9. The Balaban J connectivity index is 2.83. The molecule has 0 amide bonds. The molecule has 0 saturated heterocycles. The van der Waals surface area contributed by atoms with E-state index in [0.29, 0.717) is 42.6 Å². The fourth-order valence-electron chi connectivity index (χ4n) is 3.12. The minimum Gasteiger partial charge on any atom is -0.489 e. The molecule has 0 unspecified atom stereocenters. The first-order chi connectivity index (χ1) is 14.3. The van der Waals surface area contributed by atoms with Gasteiger partial charge < -0.3 is 14.2 Å². The summed E-state index contributed by atoms with van der Waals surface area (Å²) in [7, 11) is 0. The molecule has 4 heteroatoms. The second kappa shape index (κ2) is 17.0. The summed E-state index contributed by atoms with van der Waals surface area (Å²) in [6, 6.07) is 5.79. The monoisotopic (exact) mass is 403 g/mol. The van der Waals surface area contributed by atoms with Crippen LogP contribution in [0.25, 0.3) is 0 Å². The van der Waals surface area contributed by atoms with Gasteiger partial charge in [-0.2, -0.15) is 5.26 Å². The average Bonchev–Trinajstić information content (AvgIpc) is 2.74. The minimum absolute atomic E-state index is 0.551. The number of nitrogens with zero attached hydrogens (tertiary/aromatic N) is 1. The lowest BCUT2D eigenvalue weighted by atomic mass is 10.2. The van der Waals surface area contributed by atoms with Crippen molar-refractivity contribution in [3.8, 4) is 23.3 Å². The quantitative estimate of drug-likeness (QED) is 0.239. The lowest BCUT2D eigenvalue weighted by Crippen LogP contribution is -2.06. The van der Waals surface area contributed by atoms with E-state index in [-0.39, 0.29) is 0 Å². The summed E-state index contributed by atoms with van der Waals surface area (Å²) in [6.45, 7) is 8.52. The summed E-state index contributed by atoms with van der Waals surface area (Å²) in [6.07, 6.45) is 13.8. The predicted molar refractivity (Wildman–Crippen MR) is 120 cm³/mol. The molecule has 29 heavy (non-hydrogen) atoms. The molecular formula is C25H41NO3. The van der Waals surface area contributed by atoms with E-state index in [4.69, 9.17) is 14.2 Å². The van der Waals surface area contributed by atoms with Crippen molar-refractivity contribution in [1.29, 1.82) is 5.26 Å². The van der Waals surface area contributed by atoms with Crippen LogP contribution in [0.15, 0.2) is 12.1 Å². The Bertz CT molecular complexity index is 545. The highest BCUT2D eigenvalue weighted by Crippen LogP contribution is 2.39. The number of benzene rings is 1. The van der Waals surface area contributed by atoms with Crippen LogP contribution >= 0.6 is 0 Å². The largest absolute Gasteiger partial charge is 0.489 e. The third-order valence-corrected chi connectivity index (χ3v) is 4.91. The van der Waals surface area contributed by atoms with E-state index >= 15 is 0 Å². The zero-order valence-electron chi connectivity index (χ0n) is 18.9. The van der Waals surface area contributed by atoms with E-state index in [1.54, 1.807) is 12.1 Å². The van der Waals surface area contributed by atoms with Crippen molar-refractivity contribution in [3.05, 3.63) is 17.7 Å². The highest BCUT2D eigenvalue weighted by molar-refractivity contribution is 5.56. The van der Waals surface area contributed by atoms with Gasteiger partial charge in [-0.15, -0.1) is 0 Å². The maximum Gasteiger partial charge on any atom is 0.203 e. The molecule has 0 atom stereocenters. The zero-order valence-corrected chi connectivity index (χ0v) is 18.9. The van der Waals surface area contributed by atoms with Gasteiger partial charge in [-0.25, -0.2) is 0 Å². The van der Waals surface area contributed by atoms with Gasteiger partial charge >= 0.3 is 0 Å². The van der Waals surface area contributed by atoms with Crippen LogP contribution in [0.4, 0.5) is 0 Å². The number of nitriles is 1. The van der Waals surface area contributed by atoms with Gasteiger partial charge in [0.05, 0.1) is 31.5 Å². The van der Waals surface area contributed by atoms with Crippen molar-refractivity contribution in [2.75, 3.05) is 19.8 Å². The van der Waals surface area contributed by atoms with E-state index in [9.17, 15) is 5.26 Å². The highest BCUT2D eigenvalue weighted by atomic mass is 16.5. The van der Waals surface area contributed by atoms with Gasteiger partial charge in [0, 0.05) is 12.1 Å². The van der Waals surface area contributed by atoms with Crippen molar-refractivity contribution in [2.24, 2.45) is 0 Å². The molecular weight excluding hydrogens is 362 g/mol. The summed E-state index contributed by atoms with van der Waals surface area (Å²) in [5, 5.41) is 9.43. The maximum atomic E-state index is 9.43. The van der Waals surface area contributed by atoms with E-state index in [2.05, 4.69) is 26.8 Å². The second-order valence-corrected chi connectivity index (χ2v) is 7.64. The smallest absolute Gasteiger partial charge is 0.203 e. The molecule has 0 heterocycles. The summed E-state index contributed by atoms with van der Waals surface area (Å²) >= 11 is 0. The van der Waals surface area contributed by atoms with Gasteiger partial charge in [0.1, 0.15) is 0 Å².